The molecule has 7 nitrogen and oxygen atoms in total. The van der Waals surface area contributed by atoms with E-state index in [2.05, 4.69) is 10.6 Å². The zero-order chi connectivity index (χ0) is 20.5. The van der Waals surface area contributed by atoms with Crippen molar-refractivity contribution in [1.29, 1.82) is 0 Å². The largest absolute Gasteiger partial charge is 0.398 e. The monoisotopic (exact) mass is 386 g/mol. The fourth-order valence-electron chi connectivity index (χ4n) is 3.23. The van der Waals surface area contributed by atoms with Crippen LogP contribution in [0.2, 0.25) is 0 Å². The Morgan fingerprint density at radius 2 is 1.82 bits per heavy atom. The number of para-hydroxylation sites is 1. The summed E-state index contributed by atoms with van der Waals surface area (Å²) in [5, 5.41) is 5.56. The zero-order valence-corrected chi connectivity index (χ0v) is 16.4. The smallest absolute Gasteiger partial charge is 0.287 e. The maximum absolute atomic E-state index is 12.2. The summed E-state index contributed by atoms with van der Waals surface area (Å²) in [6.07, 6.45) is 7.19. The molecule has 1 saturated carbocycles. The van der Waals surface area contributed by atoms with Crippen LogP contribution in [0.15, 0.2) is 30.0 Å². The summed E-state index contributed by atoms with van der Waals surface area (Å²) >= 11 is 0. The predicted molar refractivity (Wildman–Crippen MR) is 110 cm³/mol. The van der Waals surface area contributed by atoms with E-state index >= 15 is 0 Å². The molecule has 0 radical (unpaired) electrons. The number of ketones is 1. The Hall–Kier alpha value is -2.83. The molecular formula is C21H30N4O3. The van der Waals surface area contributed by atoms with Gasteiger partial charge in [-0.1, -0.05) is 37.5 Å². The van der Waals surface area contributed by atoms with E-state index < -0.39 is 17.6 Å². The number of anilines is 1. The van der Waals surface area contributed by atoms with Gasteiger partial charge in [-0.25, -0.2) is 0 Å². The van der Waals surface area contributed by atoms with Crippen LogP contribution in [0.5, 0.6) is 0 Å². The summed E-state index contributed by atoms with van der Waals surface area (Å²) in [6.45, 7) is 1.77. The molecule has 28 heavy (non-hydrogen) atoms. The van der Waals surface area contributed by atoms with E-state index in [0.29, 0.717) is 17.7 Å². The van der Waals surface area contributed by atoms with Crippen LogP contribution in [-0.2, 0) is 14.4 Å². The fraction of sp³-hybridized carbons (Fsp3) is 0.476. The Labute approximate surface area is 165 Å². The maximum Gasteiger partial charge on any atom is 0.287 e. The van der Waals surface area contributed by atoms with Gasteiger partial charge in [0.1, 0.15) is 0 Å². The molecule has 6 N–H and O–H groups in total. The lowest BCUT2D eigenvalue weighted by atomic mass is 9.95. The summed E-state index contributed by atoms with van der Waals surface area (Å²) < 4.78 is 0. The molecule has 0 aromatic heterocycles. The highest BCUT2D eigenvalue weighted by Gasteiger charge is 2.21. The van der Waals surface area contributed by atoms with Gasteiger partial charge in [0.25, 0.3) is 11.8 Å². The van der Waals surface area contributed by atoms with Gasteiger partial charge in [0.15, 0.2) is 0 Å². The lowest BCUT2D eigenvalue weighted by Gasteiger charge is -2.22. The third-order valence-electron chi connectivity index (χ3n) is 4.94. The third kappa shape index (κ3) is 6.72. The quantitative estimate of drug-likeness (QED) is 0.308. The van der Waals surface area contributed by atoms with Crippen LogP contribution >= 0.6 is 0 Å². The van der Waals surface area contributed by atoms with E-state index in [9.17, 15) is 14.4 Å². The van der Waals surface area contributed by atoms with Crippen molar-refractivity contribution in [2.24, 2.45) is 5.73 Å². The molecule has 1 aliphatic rings. The molecular weight excluding hydrogens is 356 g/mol. The minimum absolute atomic E-state index is 0.0334. The number of nitrogens with two attached hydrogens (primary N) is 2. The molecule has 0 spiro atoms. The zero-order valence-electron chi connectivity index (χ0n) is 16.4. The average Bonchev–Trinajstić information content (AvgIpc) is 2.68. The van der Waals surface area contributed by atoms with E-state index in [1.807, 2.05) is 0 Å². The number of Topliss-reactive ketones (excluding diaryl/α,β-unsaturated/α-hetero) is 1. The molecule has 1 aromatic carbocycles. The van der Waals surface area contributed by atoms with E-state index in [1.165, 1.54) is 12.5 Å². The van der Waals surface area contributed by atoms with Crippen LogP contribution in [0.3, 0.4) is 0 Å². The first-order valence-corrected chi connectivity index (χ1v) is 9.83. The average molecular weight is 386 g/mol. The Morgan fingerprint density at radius 3 is 2.50 bits per heavy atom. The van der Waals surface area contributed by atoms with Crippen LogP contribution in [0.4, 0.5) is 5.69 Å². The van der Waals surface area contributed by atoms with E-state index in [-0.39, 0.29) is 24.2 Å². The Balaban J connectivity index is 1.77. The molecule has 0 bridgehead atoms. The van der Waals surface area contributed by atoms with Gasteiger partial charge in [-0.3, -0.25) is 14.4 Å². The Kier molecular flexibility index (Phi) is 8.04. The second-order valence-corrected chi connectivity index (χ2v) is 7.37. The SMILES string of the molecule is CC(CCC(=O)C(=O)NC1CCCCC1)NC(=O)/C(N)=C/c1ccccc1N. The summed E-state index contributed by atoms with van der Waals surface area (Å²) in [6, 6.07) is 6.91. The summed E-state index contributed by atoms with van der Waals surface area (Å²) in [4.78, 5) is 36.2. The van der Waals surface area contributed by atoms with Gasteiger partial charge in [0.2, 0.25) is 5.78 Å². The number of hydrogen-bond donors (Lipinski definition) is 4. The van der Waals surface area contributed by atoms with E-state index in [4.69, 9.17) is 11.5 Å². The number of carbonyl (C=O) groups excluding carboxylic acids is 3. The van der Waals surface area contributed by atoms with E-state index in [1.54, 1.807) is 31.2 Å². The van der Waals surface area contributed by atoms with Gasteiger partial charge < -0.3 is 22.1 Å². The topological polar surface area (TPSA) is 127 Å². The fourth-order valence-corrected chi connectivity index (χ4v) is 3.23. The predicted octanol–water partition coefficient (Wildman–Crippen LogP) is 1.87. The van der Waals surface area contributed by atoms with Crippen molar-refractivity contribution in [1.82, 2.24) is 10.6 Å². The van der Waals surface area contributed by atoms with Gasteiger partial charge in [0, 0.05) is 24.2 Å². The van der Waals surface area contributed by atoms with Crippen molar-refractivity contribution in [3.05, 3.63) is 35.5 Å². The first-order chi connectivity index (χ1) is 13.4. The number of hydrogen-bond acceptors (Lipinski definition) is 5. The number of carbonyl (C=O) groups is 3. The summed E-state index contributed by atoms with van der Waals surface area (Å²) in [5.74, 6) is -1.41. The van der Waals surface area contributed by atoms with Gasteiger partial charge >= 0.3 is 0 Å². The first kappa shape index (κ1) is 21.5. The molecule has 0 heterocycles. The van der Waals surface area contributed by atoms with Gasteiger partial charge in [-0.05, 0) is 43.9 Å². The van der Waals surface area contributed by atoms with Crippen LogP contribution < -0.4 is 22.1 Å². The first-order valence-electron chi connectivity index (χ1n) is 9.83. The van der Waals surface area contributed by atoms with Crippen LogP contribution in [0.1, 0.15) is 57.4 Å². The molecule has 1 aliphatic carbocycles. The highest BCUT2D eigenvalue weighted by atomic mass is 16.2. The van der Waals surface area contributed by atoms with Crippen molar-refractivity contribution < 1.29 is 14.4 Å². The second-order valence-electron chi connectivity index (χ2n) is 7.37. The minimum atomic E-state index is -0.524. The van der Waals surface area contributed by atoms with Crippen molar-refractivity contribution in [3.8, 4) is 0 Å². The molecule has 2 amide bonds. The maximum atomic E-state index is 12.2. The molecule has 2 rings (SSSR count). The van der Waals surface area contributed by atoms with Crippen molar-refractivity contribution in [2.45, 2.75) is 64.0 Å². The number of nitrogens with one attached hydrogen (secondary N) is 2. The van der Waals surface area contributed by atoms with Crippen LogP contribution in [0, 0.1) is 0 Å². The van der Waals surface area contributed by atoms with Crippen molar-refractivity contribution in [2.75, 3.05) is 5.73 Å². The molecule has 1 aromatic rings. The third-order valence-corrected chi connectivity index (χ3v) is 4.94. The van der Waals surface area contributed by atoms with Crippen LogP contribution in [0.25, 0.3) is 6.08 Å². The van der Waals surface area contributed by atoms with Gasteiger partial charge in [-0.15, -0.1) is 0 Å². The number of amides is 2. The van der Waals surface area contributed by atoms with Crippen molar-refractivity contribution in [3.63, 3.8) is 0 Å². The number of rotatable bonds is 8. The molecule has 7 heteroatoms. The molecule has 152 valence electrons. The van der Waals surface area contributed by atoms with Gasteiger partial charge in [-0.2, -0.15) is 0 Å². The number of nitrogen functional groups attached to an aromatic ring is 1. The highest BCUT2D eigenvalue weighted by molar-refractivity contribution is 6.36. The van der Waals surface area contributed by atoms with E-state index in [0.717, 1.165) is 25.7 Å². The van der Waals surface area contributed by atoms with Crippen molar-refractivity contribution >= 4 is 29.4 Å². The standard InChI is InChI=1S/C21H30N4O3/c1-14(11-12-19(26)21(28)25-16-8-3-2-4-9-16)24-20(27)18(23)13-15-7-5-6-10-17(15)22/h5-7,10,13-14,16H,2-4,8-9,11-12,22-23H2,1H3,(H,24,27)(H,25,28)/b18-13-. The normalized spacial score (nSPS) is 16.2. The molecule has 1 atom stereocenters. The molecule has 1 fully saturated rings. The molecule has 1 unspecified atom stereocenters. The number of benzene rings is 1. The highest BCUT2D eigenvalue weighted by Crippen LogP contribution is 2.17. The minimum Gasteiger partial charge on any atom is -0.398 e. The van der Waals surface area contributed by atoms with Crippen LogP contribution in [-0.4, -0.2) is 29.7 Å². The lowest BCUT2D eigenvalue weighted by Crippen LogP contribution is -2.41. The molecule has 0 aliphatic heterocycles. The molecule has 0 saturated heterocycles. The summed E-state index contributed by atoms with van der Waals surface area (Å²) in [7, 11) is 0. The Bertz CT molecular complexity index is 739. The summed E-state index contributed by atoms with van der Waals surface area (Å²) in [5.41, 5.74) is 12.9. The Morgan fingerprint density at radius 1 is 1.14 bits per heavy atom. The lowest BCUT2D eigenvalue weighted by molar-refractivity contribution is -0.138. The second kappa shape index (κ2) is 10.5. The van der Waals surface area contributed by atoms with Gasteiger partial charge in [0.05, 0.1) is 5.70 Å².